The molecule has 0 aliphatic carbocycles. The van der Waals surface area contributed by atoms with E-state index in [1.54, 1.807) is 18.3 Å². The first-order valence-corrected chi connectivity index (χ1v) is 9.77. The van der Waals surface area contributed by atoms with E-state index >= 15 is 0 Å². The number of nitrogens with one attached hydrogen (secondary N) is 1. The van der Waals surface area contributed by atoms with Crippen LogP contribution < -0.4 is 10.3 Å². The molecule has 1 heterocycles. The van der Waals surface area contributed by atoms with Crippen molar-refractivity contribution in [1.82, 2.24) is 0 Å². The topological polar surface area (TPSA) is 70.8 Å². The van der Waals surface area contributed by atoms with E-state index in [-0.39, 0.29) is 11.2 Å². The largest absolute Gasteiger partial charge is 0.360 e. The minimum absolute atomic E-state index is 0.0369. The molecule has 152 valence electrons. The number of fused-ring (bicyclic) bond motifs is 1. The fourth-order valence-corrected chi connectivity index (χ4v) is 4.13. The number of non-ortho nitro benzene ring substituents is 1. The average Bonchev–Trinajstić information content (AvgIpc) is 2.62. The molecule has 2 aromatic rings. The Hall–Kier alpha value is -3.15. The van der Waals surface area contributed by atoms with Gasteiger partial charge in [-0.25, -0.2) is 0 Å². The van der Waals surface area contributed by atoms with Gasteiger partial charge in [-0.05, 0) is 82.5 Å². The lowest BCUT2D eigenvalue weighted by Gasteiger charge is -2.46. The first-order chi connectivity index (χ1) is 13.6. The Morgan fingerprint density at radius 1 is 1.17 bits per heavy atom. The minimum atomic E-state index is -0.416. The third-order valence-electron chi connectivity index (χ3n) is 5.25. The zero-order valence-electron chi connectivity index (χ0n) is 17.9. The van der Waals surface area contributed by atoms with E-state index in [1.807, 2.05) is 0 Å². The number of hydrogen-bond acceptors (Lipinski definition) is 5. The molecule has 0 spiro atoms. The maximum Gasteiger partial charge on any atom is 0.269 e. The molecule has 1 aliphatic heterocycles. The molecule has 0 atom stereocenters. The van der Waals surface area contributed by atoms with Crippen LogP contribution in [0.2, 0.25) is 0 Å². The SMILES string of the molecule is CC1=CC(C)(C)N(C(C)C)c2cc(C)c(/C=N\Nc3ccc([N+](=O)[O-])cc3)cc21. The molecule has 6 nitrogen and oxygen atoms in total. The molecule has 6 heteroatoms. The molecule has 3 rings (SSSR count). The number of anilines is 2. The van der Waals surface area contributed by atoms with Gasteiger partial charge in [0.15, 0.2) is 0 Å². The first kappa shape index (κ1) is 20.6. The molecule has 0 radical (unpaired) electrons. The molecule has 29 heavy (non-hydrogen) atoms. The van der Waals surface area contributed by atoms with Gasteiger partial charge < -0.3 is 4.90 Å². The van der Waals surface area contributed by atoms with Crippen molar-refractivity contribution < 1.29 is 4.92 Å². The lowest BCUT2D eigenvalue weighted by Crippen LogP contribution is -2.49. The second-order valence-electron chi connectivity index (χ2n) is 8.34. The summed E-state index contributed by atoms with van der Waals surface area (Å²) in [7, 11) is 0. The standard InChI is InChI=1S/C23H28N4O2/c1-15(2)26-22-11-16(3)18(12-21(22)17(4)13-23(26,5)6)14-24-25-19-7-9-20(10-8-19)27(28)29/h7-15,25H,1-6H3/b24-14-. The van der Waals surface area contributed by atoms with Gasteiger partial charge >= 0.3 is 0 Å². The van der Waals surface area contributed by atoms with Gasteiger partial charge in [-0.3, -0.25) is 15.5 Å². The van der Waals surface area contributed by atoms with Gasteiger partial charge in [0, 0.05) is 29.4 Å². The zero-order chi connectivity index (χ0) is 21.3. The quantitative estimate of drug-likeness (QED) is 0.399. The van der Waals surface area contributed by atoms with Crippen LogP contribution in [-0.4, -0.2) is 22.7 Å². The van der Waals surface area contributed by atoms with E-state index in [1.165, 1.54) is 29.0 Å². The number of aryl methyl sites for hydroxylation is 1. The van der Waals surface area contributed by atoms with Gasteiger partial charge in [0.2, 0.25) is 0 Å². The normalized spacial score (nSPS) is 15.4. The number of allylic oxidation sites excluding steroid dienone is 1. The fourth-order valence-electron chi connectivity index (χ4n) is 4.13. The second-order valence-corrected chi connectivity index (χ2v) is 8.34. The van der Waals surface area contributed by atoms with Crippen molar-refractivity contribution in [2.75, 3.05) is 10.3 Å². The molecular formula is C23H28N4O2. The second kappa shape index (κ2) is 7.70. The molecule has 1 aliphatic rings. The van der Waals surface area contributed by atoms with Crippen LogP contribution in [0.25, 0.3) is 5.57 Å². The summed E-state index contributed by atoms with van der Waals surface area (Å²) in [5.41, 5.74) is 9.59. The number of hydrazone groups is 1. The molecule has 0 saturated heterocycles. The Balaban J connectivity index is 1.88. The number of hydrogen-bond donors (Lipinski definition) is 1. The number of benzene rings is 2. The van der Waals surface area contributed by atoms with Crippen LogP contribution in [0.15, 0.2) is 47.6 Å². The Labute approximate surface area is 172 Å². The van der Waals surface area contributed by atoms with Crippen LogP contribution >= 0.6 is 0 Å². The highest BCUT2D eigenvalue weighted by molar-refractivity contribution is 5.89. The minimum Gasteiger partial charge on any atom is -0.360 e. The number of nitro groups is 1. The third-order valence-corrected chi connectivity index (χ3v) is 5.25. The van der Waals surface area contributed by atoms with Gasteiger partial charge in [-0.1, -0.05) is 6.08 Å². The van der Waals surface area contributed by atoms with E-state index in [2.05, 4.69) is 75.2 Å². The highest BCUT2D eigenvalue weighted by atomic mass is 16.6. The van der Waals surface area contributed by atoms with Crippen molar-refractivity contribution in [2.24, 2.45) is 5.10 Å². The van der Waals surface area contributed by atoms with Gasteiger partial charge in [0.1, 0.15) is 0 Å². The summed E-state index contributed by atoms with van der Waals surface area (Å²) in [6, 6.07) is 11.0. The van der Waals surface area contributed by atoms with Gasteiger partial charge in [0.05, 0.1) is 22.4 Å². The Morgan fingerprint density at radius 2 is 1.83 bits per heavy atom. The molecule has 0 bridgehead atoms. The van der Waals surface area contributed by atoms with Crippen LogP contribution in [0.5, 0.6) is 0 Å². The monoisotopic (exact) mass is 392 g/mol. The Kier molecular flexibility index (Phi) is 5.46. The van der Waals surface area contributed by atoms with Crippen molar-refractivity contribution in [1.29, 1.82) is 0 Å². The van der Waals surface area contributed by atoms with Gasteiger partial charge in [0.25, 0.3) is 5.69 Å². The smallest absolute Gasteiger partial charge is 0.269 e. The van der Waals surface area contributed by atoms with E-state index < -0.39 is 4.92 Å². The maximum atomic E-state index is 10.7. The highest BCUT2D eigenvalue weighted by Gasteiger charge is 2.33. The summed E-state index contributed by atoms with van der Waals surface area (Å²) in [6.07, 6.45) is 4.12. The Bertz CT molecular complexity index is 989. The van der Waals surface area contributed by atoms with Crippen molar-refractivity contribution in [3.63, 3.8) is 0 Å². The summed E-state index contributed by atoms with van der Waals surface area (Å²) in [6.45, 7) is 13.2. The van der Waals surface area contributed by atoms with Crippen LogP contribution in [-0.2, 0) is 0 Å². The van der Waals surface area contributed by atoms with E-state index in [4.69, 9.17) is 0 Å². The van der Waals surface area contributed by atoms with Crippen LogP contribution in [0, 0.1) is 17.0 Å². The highest BCUT2D eigenvalue weighted by Crippen LogP contribution is 2.41. The van der Waals surface area contributed by atoms with Crippen molar-refractivity contribution in [2.45, 2.75) is 53.1 Å². The molecular weight excluding hydrogens is 364 g/mol. The maximum absolute atomic E-state index is 10.7. The number of nitro benzene ring substituents is 1. The molecule has 2 aromatic carbocycles. The van der Waals surface area contributed by atoms with Crippen LogP contribution in [0.4, 0.5) is 17.1 Å². The average molecular weight is 393 g/mol. The summed E-state index contributed by atoms with van der Waals surface area (Å²) >= 11 is 0. The van der Waals surface area contributed by atoms with Crippen molar-refractivity contribution in [3.8, 4) is 0 Å². The molecule has 0 amide bonds. The molecule has 0 saturated carbocycles. The van der Waals surface area contributed by atoms with E-state index in [0.29, 0.717) is 11.7 Å². The predicted octanol–water partition coefficient (Wildman–Crippen LogP) is 5.76. The number of nitrogens with zero attached hydrogens (tertiary/aromatic N) is 3. The van der Waals surface area contributed by atoms with Crippen LogP contribution in [0.1, 0.15) is 51.3 Å². The molecule has 0 aromatic heterocycles. The number of rotatable bonds is 5. The van der Waals surface area contributed by atoms with Gasteiger partial charge in [-0.15, -0.1) is 0 Å². The third kappa shape index (κ3) is 4.16. The van der Waals surface area contributed by atoms with Crippen molar-refractivity contribution >= 4 is 28.8 Å². The zero-order valence-corrected chi connectivity index (χ0v) is 17.9. The summed E-state index contributed by atoms with van der Waals surface area (Å²) in [4.78, 5) is 12.8. The van der Waals surface area contributed by atoms with Crippen molar-refractivity contribution in [3.05, 3.63) is 69.3 Å². The fraction of sp³-hybridized carbons (Fsp3) is 0.348. The molecule has 0 unspecified atom stereocenters. The summed E-state index contributed by atoms with van der Waals surface area (Å²) in [5.74, 6) is 0. The lowest BCUT2D eigenvalue weighted by molar-refractivity contribution is -0.384. The Morgan fingerprint density at radius 3 is 2.41 bits per heavy atom. The van der Waals surface area contributed by atoms with Gasteiger partial charge in [-0.2, -0.15) is 5.10 Å². The molecule has 1 N–H and O–H groups in total. The first-order valence-electron chi connectivity index (χ1n) is 9.77. The van der Waals surface area contributed by atoms with E-state index in [0.717, 1.165) is 11.1 Å². The lowest BCUT2D eigenvalue weighted by atomic mass is 9.86. The predicted molar refractivity (Wildman–Crippen MR) is 121 cm³/mol. The summed E-state index contributed by atoms with van der Waals surface area (Å²) < 4.78 is 0. The molecule has 0 fully saturated rings. The summed E-state index contributed by atoms with van der Waals surface area (Å²) in [5, 5.41) is 15.1. The van der Waals surface area contributed by atoms with Crippen LogP contribution in [0.3, 0.4) is 0 Å². The van der Waals surface area contributed by atoms with E-state index in [9.17, 15) is 10.1 Å².